The smallest absolute Gasteiger partial charge is 0.226 e. The van der Waals surface area contributed by atoms with Gasteiger partial charge in [-0.05, 0) is 62.8 Å². The van der Waals surface area contributed by atoms with Crippen molar-refractivity contribution in [1.29, 1.82) is 0 Å². The zero-order valence-corrected chi connectivity index (χ0v) is 14.1. The second kappa shape index (κ2) is 5.84. The fourth-order valence-corrected chi connectivity index (χ4v) is 4.23. The molecule has 1 aliphatic carbocycles. The van der Waals surface area contributed by atoms with Gasteiger partial charge in [-0.25, -0.2) is 9.48 Å². The second-order valence-corrected chi connectivity index (χ2v) is 6.92. The highest BCUT2D eigenvalue weighted by molar-refractivity contribution is 5.81. The molecule has 0 unspecified atom stereocenters. The molecule has 0 aromatic heterocycles. The number of benzene rings is 2. The van der Waals surface area contributed by atoms with Gasteiger partial charge in [0.15, 0.2) is 0 Å². The van der Waals surface area contributed by atoms with E-state index in [1.165, 1.54) is 48.2 Å². The van der Waals surface area contributed by atoms with Gasteiger partial charge < -0.3 is 0 Å². The maximum atomic E-state index is 2.53. The van der Waals surface area contributed by atoms with Gasteiger partial charge in [-0.15, -0.1) is 0 Å². The Morgan fingerprint density at radius 2 is 1.57 bits per heavy atom. The van der Waals surface area contributed by atoms with Crippen LogP contribution >= 0.6 is 0 Å². The van der Waals surface area contributed by atoms with Crippen LogP contribution in [0.2, 0.25) is 0 Å². The van der Waals surface area contributed by atoms with Crippen molar-refractivity contribution in [2.45, 2.75) is 51.6 Å². The van der Waals surface area contributed by atoms with Crippen LogP contribution in [0, 0.1) is 13.8 Å². The van der Waals surface area contributed by atoms with E-state index >= 15 is 0 Å². The quantitative estimate of drug-likeness (QED) is 0.722. The first-order valence-corrected chi connectivity index (χ1v) is 8.78. The predicted octanol–water partition coefficient (Wildman–Crippen LogP) is 4.81. The van der Waals surface area contributed by atoms with Gasteiger partial charge in [-0.2, -0.15) is 0 Å². The van der Waals surface area contributed by atoms with Crippen molar-refractivity contribution in [3.8, 4) is 0 Å². The minimum absolute atomic E-state index is 0.601. The van der Waals surface area contributed by atoms with Gasteiger partial charge >= 0.3 is 0 Å². The van der Waals surface area contributed by atoms with Gasteiger partial charge in [0.25, 0.3) is 0 Å². The Labute approximate surface area is 139 Å². The first kappa shape index (κ1) is 14.5. The summed E-state index contributed by atoms with van der Waals surface area (Å²) in [6.45, 7) is 4.44. The molecule has 1 heterocycles. The van der Waals surface area contributed by atoms with Crippen LogP contribution < -0.4 is 4.90 Å². The number of anilines is 1. The third-order valence-electron chi connectivity index (χ3n) is 5.44. The maximum Gasteiger partial charge on any atom is 0.245 e. The lowest BCUT2D eigenvalue weighted by Gasteiger charge is -2.27. The molecule has 0 N–H and O–H groups in total. The van der Waals surface area contributed by atoms with Crippen LogP contribution in [-0.2, 0) is 0 Å². The summed E-state index contributed by atoms with van der Waals surface area (Å²) in [5.41, 5.74) is 5.44. The molecule has 118 valence electrons. The lowest BCUT2D eigenvalue weighted by Crippen LogP contribution is -2.40. The fraction of sp³-hybridized carbons (Fsp3) is 0.381. The molecule has 0 radical (unpaired) electrons. The Balaban J connectivity index is 1.81. The number of hydrogen-bond donors (Lipinski definition) is 0. The largest absolute Gasteiger partial charge is 0.245 e. The second-order valence-electron chi connectivity index (χ2n) is 6.92. The van der Waals surface area contributed by atoms with Gasteiger partial charge in [0.1, 0.15) is 23.5 Å². The van der Waals surface area contributed by atoms with E-state index in [1.54, 1.807) is 0 Å². The number of hydrogen-bond acceptors (Lipinski definition) is 1. The fourth-order valence-electron chi connectivity index (χ4n) is 4.23. The van der Waals surface area contributed by atoms with Crippen LogP contribution in [0.1, 0.15) is 36.8 Å². The molecular weight excluding hydrogens is 280 g/mol. The van der Waals surface area contributed by atoms with Crippen LogP contribution in [0.15, 0.2) is 48.5 Å². The highest BCUT2D eigenvalue weighted by Crippen LogP contribution is 2.36. The standard InChI is InChI=1S/C21H25N2/c1-16-9-3-5-11-18(16)22-15-23(19-12-6-4-10-17(19)2)21-14-8-7-13-20(21)22/h3-6,9-12,15,20-21H,7-8,13-14H2,1-2H3/q+1/t20-,21-/m1/s1. The van der Waals surface area contributed by atoms with Crippen LogP contribution in [0.4, 0.5) is 11.4 Å². The summed E-state index contributed by atoms with van der Waals surface area (Å²) in [4.78, 5) is 2.53. The molecule has 2 aromatic carbocycles. The van der Waals surface area contributed by atoms with Gasteiger partial charge in [0.2, 0.25) is 6.34 Å². The molecule has 4 rings (SSSR count). The van der Waals surface area contributed by atoms with Gasteiger partial charge in [0.05, 0.1) is 0 Å². The molecule has 1 fully saturated rings. The average Bonchev–Trinajstić information content (AvgIpc) is 2.95. The lowest BCUT2D eigenvalue weighted by atomic mass is 9.89. The Morgan fingerprint density at radius 3 is 2.35 bits per heavy atom. The monoisotopic (exact) mass is 305 g/mol. The Kier molecular flexibility index (Phi) is 3.68. The summed E-state index contributed by atoms with van der Waals surface area (Å²) < 4.78 is 2.53. The molecule has 0 amide bonds. The van der Waals surface area contributed by atoms with Crippen molar-refractivity contribution in [2.24, 2.45) is 0 Å². The minimum atomic E-state index is 0.601. The molecule has 0 bridgehead atoms. The van der Waals surface area contributed by atoms with Crippen LogP contribution in [0.3, 0.4) is 0 Å². The number of rotatable bonds is 2. The molecule has 0 saturated heterocycles. The van der Waals surface area contributed by atoms with Crippen LogP contribution in [-0.4, -0.2) is 23.0 Å². The summed E-state index contributed by atoms with van der Waals surface area (Å²) in [5, 5.41) is 0. The van der Waals surface area contributed by atoms with E-state index in [1.807, 2.05) is 0 Å². The van der Waals surface area contributed by atoms with E-state index in [4.69, 9.17) is 0 Å². The van der Waals surface area contributed by atoms with Crippen LogP contribution in [0.5, 0.6) is 0 Å². The van der Waals surface area contributed by atoms with E-state index in [9.17, 15) is 0 Å². The molecule has 2 atom stereocenters. The van der Waals surface area contributed by atoms with E-state index < -0.39 is 0 Å². The number of para-hydroxylation sites is 2. The Hall–Kier alpha value is -2.09. The highest BCUT2D eigenvalue weighted by Gasteiger charge is 2.45. The maximum absolute atomic E-state index is 2.53. The summed E-state index contributed by atoms with van der Waals surface area (Å²) in [6.07, 6.45) is 7.64. The first-order chi connectivity index (χ1) is 11.3. The zero-order chi connectivity index (χ0) is 15.8. The van der Waals surface area contributed by atoms with Crippen molar-refractivity contribution in [3.63, 3.8) is 0 Å². The molecule has 1 aliphatic heterocycles. The van der Waals surface area contributed by atoms with E-state index in [-0.39, 0.29) is 0 Å². The lowest BCUT2D eigenvalue weighted by molar-refractivity contribution is -0.477. The van der Waals surface area contributed by atoms with Crippen molar-refractivity contribution in [2.75, 3.05) is 4.90 Å². The number of nitrogens with zero attached hydrogens (tertiary/aromatic N) is 2. The summed E-state index contributed by atoms with van der Waals surface area (Å²) in [5.74, 6) is 0. The first-order valence-electron chi connectivity index (χ1n) is 8.78. The van der Waals surface area contributed by atoms with E-state index in [0.717, 1.165) is 0 Å². The normalized spacial score (nSPS) is 23.6. The van der Waals surface area contributed by atoms with E-state index in [2.05, 4.69) is 78.2 Å². The Morgan fingerprint density at radius 1 is 0.870 bits per heavy atom. The number of aryl methyl sites for hydroxylation is 2. The van der Waals surface area contributed by atoms with Crippen molar-refractivity contribution in [1.82, 2.24) is 0 Å². The molecule has 2 aromatic rings. The molecule has 23 heavy (non-hydrogen) atoms. The van der Waals surface area contributed by atoms with Crippen molar-refractivity contribution in [3.05, 3.63) is 59.7 Å². The molecule has 2 heteroatoms. The van der Waals surface area contributed by atoms with Crippen LogP contribution in [0.25, 0.3) is 0 Å². The molecular formula is C21H25N2+. The number of fused-ring (bicyclic) bond motifs is 1. The van der Waals surface area contributed by atoms with Crippen molar-refractivity contribution >= 4 is 17.7 Å². The third kappa shape index (κ3) is 2.46. The molecule has 2 nitrogen and oxygen atoms in total. The molecule has 2 aliphatic rings. The minimum Gasteiger partial charge on any atom is -0.226 e. The predicted molar refractivity (Wildman–Crippen MR) is 96.9 cm³/mol. The SMILES string of the molecule is Cc1ccccc1N1C=[N+](c2ccccc2C)[C@@H]2CCCC[C@H]21. The molecule has 1 saturated carbocycles. The highest BCUT2D eigenvalue weighted by atomic mass is 15.3. The topological polar surface area (TPSA) is 6.25 Å². The summed E-state index contributed by atoms with van der Waals surface area (Å²) in [6, 6.07) is 18.7. The third-order valence-corrected chi connectivity index (χ3v) is 5.44. The van der Waals surface area contributed by atoms with Crippen molar-refractivity contribution < 1.29 is 4.58 Å². The van der Waals surface area contributed by atoms with Gasteiger partial charge in [0, 0.05) is 0 Å². The van der Waals surface area contributed by atoms with Gasteiger partial charge in [-0.1, -0.05) is 36.4 Å². The zero-order valence-electron chi connectivity index (χ0n) is 14.1. The summed E-state index contributed by atoms with van der Waals surface area (Å²) in [7, 11) is 0. The van der Waals surface area contributed by atoms with Gasteiger partial charge in [-0.3, -0.25) is 0 Å². The Bertz CT molecular complexity index is 747. The summed E-state index contributed by atoms with van der Waals surface area (Å²) >= 11 is 0. The van der Waals surface area contributed by atoms with E-state index in [0.29, 0.717) is 12.1 Å². The molecule has 0 spiro atoms. The average molecular weight is 305 g/mol.